The Morgan fingerprint density at radius 2 is 1.26 bits per heavy atom. The van der Waals surface area contributed by atoms with Crippen LogP contribution in [0.5, 0.6) is 0 Å². The molecule has 0 aliphatic heterocycles. The van der Waals surface area contributed by atoms with Crippen molar-refractivity contribution in [2.75, 3.05) is 14.2 Å². The molecule has 0 radical (unpaired) electrons. The summed E-state index contributed by atoms with van der Waals surface area (Å²) in [5.41, 5.74) is -2.47. The van der Waals surface area contributed by atoms with Gasteiger partial charge in [0.2, 0.25) is 0 Å². The van der Waals surface area contributed by atoms with Gasteiger partial charge in [-0.1, -0.05) is 23.2 Å². The molecule has 0 atom stereocenters. The number of nitrogens with zero attached hydrogens (tertiary/aromatic N) is 2. The third-order valence-corrected chi connectivity index (χ3v) is 3.71. The van der Waals surface area contributed by atoms with Gasteiger partial charge in [0.1, 0.15) is 32.8 Å². The zero-order valence-electron chi connectivity index (χ0n) is 15.5. The molecule has 0 heterocycles. The number of rotatable bonds is 4. The highest BCUT2D eigenvalue weighted by molar-refractivity contribution is 6.33. The minimum absolute atomic E-state index is 0.370. The van der Waals surface area contributed by atoms with Gasteiger partial charge < -0.3 is 14.9 Å². The lowest BCUT2D eigenvalue weighted by Crippen LogP contribution is -2.05. The second kappa shape index (κ2) is 12.3. The van der Waals surface area contributed by atoms with E-state index in [-0.39, 0.29) is 5.02 Å². The normalized spacial score (nSPS) is 9.39. The number of carboxylic acid groups (broad SMARTS) is 1. The molecule has 0 aromatic heterocycles. The van der Waals surface area contributed by atoms with Crippen LogP contribution in [-0.2, 0) is 4.74 Å². The molecule has 0 bridgehead atoms. The maximum atomic E-state index is 13.1. The number of methoxy groups -OCH3 is 1. The number of esters is 1. The van der Waals surface area contributed by atoms with Gasteiger partial charge in [0.05, 0.1) is 17.0 Å². The van der Waals surface area contributed by atoms with Gasteiger partial charge in [-0.3, -0.25) is 20.2 Å². The summed E-state index contributed by atoms with van der Waals surface area (Å²) in [4.78, 5) is 40.5. The number of ether oxygens (including phenoxy) is 1. The van der Waals surface area contributed by atoms with Crippen LogP contribution < -0.4 is 0 Å². The highest BCUT2D eigenvalue weighted by Gasteiger charge is 2.22. The number of carbonyl (C=O) groups excluding carboxylic acids is 1. The van der Waals surface area contributed by atoms with Crippen molar-refractivity contribution < 1.29 is 43.2 Å². The first-order chi connectivity index (χ1) is 14.4. The number of hydrogen-bond donors (Lipinski definition) is 2. The fourth-order valence-corrected chi connectivity index (χ4v) is 2.22. The standard InChI is InChI=1S/C8H5ClFNO4.C7H3ClFNO4.CH4O/c1-15-8(12)4-2-7(11(13)14)5(9)3-6(4)10;8-4-2-5(9)3(7(11)12)1-6(4)10(13)14;1-2/h2-3H,1H3;1-2H,(H,11,12);2H,1H3. The number of aromatic carboxylic acids is 1. The molecular weight excluding hydrogens is 473 g/mol. The number of carbonyl (C=O) groups is 2. The third kappa shape index (κ3) is 7.40. The number of hydrogen-bond acceptors (Lipinski definition) is 8. The van der Waals surface area contributed by atoms with E-state index in [1.54, 1.807) is 0 Å². The Hall–Kier alpha value is -3.42. The average Bonchev–Trinajstić information content (AvgIpc) is 2.68. The lowest BCUT2D eigenvalue weighted by atomic mass is 10.2. The molecule has 2 aromatic carbocycles. The zero-order chi connectivity index (χ0) is 24.5. The first-order valence-electron chi connectivity index (χ1n) is 7.43. The summed E-state index contributed by atoms with van der Waals surface area (Å²) in [6.07, 6.45) is 0. The minimum Gasteiger partial charge on any atom is -0.478 e. The van der Waals surface area contributed by atoms with E-state index < -0.39 is 60.9 Å². The second-order valence-corrected chi connectivity index (χ2v) is 5.69. The van der Waals surface area contributed by atoms with Crippen LogP contribution in [-0.4, -0.2) is 46.2 Å². The fraction of sp³-hybridized carbons (Fsp3) is 0.125. The molecule has 31 heavy (non-hydrogen) atoms. The summed E-state index contributed by atoms with van der Waals surface area (Å²) in [6.45, 7) is 0. The molecule has 0 amide bonds. The van der Waals surface area contributed by atoms with Gasteiger partial charge in [-0.2, -0.15) is 0 Å². The second-order valence-electron chi connectivity index (χ2n) is 4.88. The van der Waals surface area contributed by atoms with Crippen molar-refractivity contribution in [3.63, 3.8) is 0 Å². The van der Waals surface area contributed by atoms with Crippen LogP contribution in [0.2, 0.25) is 10.0 Å². The highest BCUT2D eigenvalue weighted by atomic mass is 35.5. The largest absolute Gasteiger partial charge is 0.478 e. The molecule has 2 aromatic rings. The van der Waals surface area contributed by atoms with Crippen LogP contribution in [0.15, 0.2) is 24.3 Å². The molecule has 0 unspecified atom stereocenters. The number of benzene rings is 2. The Bertz CT molecular complexity index is 984. The van der Waals surface area contributed by atoms with E-state index in [0.29, 0.717) is 18.2 Å². The van der Waals surface area contributed by atoms with Crippen molar-refractivity contribution >= 4 is 46.5 Å². The number of nitro groups is 2. The molecule has 0 saturated heterocycles. The lowest BCUT2D eigenvalue weighted by molar-refractivity contribution is -0.384. The van der Waals surface area contributed by atoms with Crippen LogP contribution in [0.25, 0.3) is 0 Å². The number of halogens is 4. The maximum Gasteiger partial charge on any atom is 0.341 e. The van der Waals surface area contributed by atoms with Crippen molar-refractivity contribution in [2.45, 2.75) is 0 Å². The van der Waals surface area contributed by atoms with Gasteiger partial charge in [0, 0.05) is 31.4 Å². The summed E-state index contributed by atoms with van der Waals surface area (Å²) in [6, 6.07) is 2.62. The van der Waals surface area contributed by atoms with Gasteiger partial charge in [0.25, 0.3) is 11.4 Å². The summed E-state index contributed by atoms with van der Waals surface area (Å²) in [5.74, 6) is -4.64. The van der Waals surface area contributed by atoms with Gasteiger partial charge in [-0.15, -0.1) is 0 Å². The molecular formula is C16H12Cl2F2N2O9. The Labute approximate surface area is 181 Å². The van der Waals surface area contributed by atoms with E-state index in [4.69, 9.17) is 33.4 Å². The molecule has 2 rings (SSSR count). The quantitative estimate of drug-likeness (QED) is 0.371. The fourth-order valence-electron chi connectivity index (χ4n) is 1.79. The van der Waals surface area contributed by atoms with Gasteiger partial charge in [-0.05, 0) is 0 Å². The monoisotopic (exact) mass is 484 g/mol. The van der Waals surface area contributed by atoms with E-state index in [1.165, 1.54) is 0 Å². The van der Waals surface area contributed by atoms with E-state index in [2.05, 4.69) is 4.74 Å². The topological polar surface area (TPSA) is 170 Å². The molecule has 0 spiro atoms. The SMILES string of the molecule is CO.COC(=O)c1cc([N+](=O)[O-])c(Cl)cc1F.O=C(O)c1cc([N+](=O)[O-])c(Cl)cc1F. The average molecular weight is 485 g/mol. The summed E-state index contributed by atoms with van der Waals surface area (Å²) in [5, 5.41) is 35.4. The molecule has 168 valence electrons. The van der Waals surface area contributed by atoms with E-state index in [0.717, 1.165) is 20.3 Å². The molecule has 0 fully saturated rings. The maximum absolute atomic E-state index is 13.1. The van der Waals surface area contributed by atoms with E-state index >= 15 is 0 Å². The number of aliphatic hydroxyl groups is 1. The first-order valence-corrected chi connectivity index (χ1v) is 8.19. The smallest absolute Gasteiger partial charge is 0.341 e. The predicted molar refractivity (Wildman–Crippen MR) is 103 cm³/mol. The number of nitro benzene ring substituents is 2. The molecule has 2 N–H and O–H groups in total. The highest BCUT2D eigenvalue weighted by Crippen LogP contribution is 2.28. The van der Waals surface area contributed by atoms with Crippen molar-refractivity contribution in [3.05, 3.63) is 77.3 Å². The van der Waals surface area contributed by atoms with Crippen LogP contribution in [0.4, 0.5) is 20.2 Å². The van der Waals surface area contributed by atoms with Crippen molar-refractivity contribution in [2.24, 2.45) is 0 Å². The van der Waals surface area contributed by atoms with Gasteiger partial charge in [-0.25, -0.2) is 18.4 Å². The van der Waals surface area contributed by atoms with Crippen molar-refractivity contribution in [1.29, 1.82) is 0 Å². The zero-order valence-corrected chi connectivity index (χ0v) is 17.0. The van der Waals surface area contributed by atoms with Gasteiger partial charge >= 0.3 is 11.9 Å². The Balaban J connectivity index is 0.000000539. The first kappa shape index (κ1) is 27.6. The summed E-state index contributed by atoms with van der Waals surface area (Å²) >= 11 is 10.7. The van der Waals surface area contributed by atoms with Crippen LogP contribution in [0.3, 0.4) is 0 Å². The van der Waals surface area contributed by atoms with Gasteiger partial charge in [0.15, 0.2) is 0 Å². The van der Waals surface area contributed by atoms with E-state index in [1.807, 2.05) is 0 Å². The number of aliphatic hydroxyl groups excluding tert-OH is 1. The molecule has 0 saturated carbocycles. The minimum atomic E-state index is -1.58. The van der Waals surface area contributed by atoms with Crippen LogP contribution in [0, 0.1) is 31.9 Å². The Morgan fingerprint density at radius 3 is 1.58 bits per heavy atom. The van der Waals surface area contributed by atoms with Crippen LogP contribution in [0.1, 0.15) is 20.7 Å². The number of carboxylic acids is 1. The predicted octanol–water partition coefficient (Wildman–Crippen LogP) is 3.87. The molecule has 11 nitrogen and oxygen atoms in total. The van der Waals surface area contributed by atoms with Crippen molar-refractivity contribution in [3.8, 4) is 0 Å². The molecule has 15 heteroatoms. The van der Waals surface area contributed by atoms with Crippen LogP contribution >= 0.6 is 23.2 Å². The summed E-state index contributed by atoms with van der Waals surface area (Å²) < 4.78 is 30.2. The molecule has 0 aliphatic carbocycles. The lowest BCUT2D eigenvalue weighted by Gasteiger charge is -2.02. The Morgan fingerprint density at radius 1 is 0.903 bits per heavy atom. The third-order valence-electron chi connectivity index (χ3n) is 3.10. The summed E-state index contributed by atoms with van der Waals surface area (Å²) in [7, 11) is 2.04. The van der Waals surface area contributed by atoms with E-state index in [9.17, 15) is 38.6 Å². The van der Waals surface area contributed by atoms with Crippen molar-refractivity contribution in [1.82, 2.24) is 0 Å². The molecule has 0 aliphatic rings. The Kier molecular flexibility index (Phi) is 11.0.